The van der Waals surface area contributed by atoms with Crippen LogP contribution in [0.1, 0.15) is 36.6 Å². The Bertz CT molecular complexity index is 223. The fourth-order valence-electron chi connectivity index (χ4n) is 1.35. The van der Waals surface area contributed by atoms with Crippen molar-refractivity contribution in [3.63, 3.8) is 0 Å². The zero-order chi connectivity index (χ0) is 6.97. The maximum Gasteiger partial charge on any atom is 0.0655 e. The summed E-state index contributed by atoms with van der Waals surface area (Å²) in [6.07, 6.45) is 4.06. The molecule has 0 aliphatic heterocycles. The Kier molecular flexibility index (Phi) is 1.26. The predicted octanol–water partition coefficient (Wildman–Crippen LogP) is 1.99. The van der Waals surface area contributed by atoms with Crippen molar-refractivity contribution in [2.75, 3.05) is 0 Å². The third-order valence-electron chi connectivity index (χ3n) is 2.25. The van der Waals surface area contributed by atoms with Crippen molar-refractivity contribution in [3.05, 3.63) is 17.5 Å². The Labute approximate surface area is 60.6 Å². The Morgan fingerprint density at radius 2 is 2.40 bits per heavy atom. The number of aryl methyl sites for hydroxylation is 1. The first kappa shape index (κ1) is 5.96. The van der Waals surface area contributed by atoms with Gasteiger partial charge < -0.3 is 0 Å². The molecule has 0 saturated heterocycles. The molecule has 0 bridgehead atoms. The first-order valence-electron chi connectivity index (χ1n) is 3.88. The minimum atomic E-state index is 0.768. The first-order valence-corrected chi connectivity index (χ1v) is 3.88. The van der Waals surface area contributed by atoms with Crippen LogP contribution in [0.25, 0.3) is 0 Å². The molecule has 54 valence electrons. The van der Waals surface area contributed by atoms with Crippen molar-refractivity contribution in [1.29, 1.82) is 0 Å². The van der Waals surface area contributed by atoms with Gasteiger partial charge in [-0.2, -0.15) is 5.10 Å². The molecule has 0 radical (unpaired) electrons. The molecule has 1 aliphatic carbocycles. The molecule has 0 amide bonds. The molecular weight excluding hydrogens is 124 g/mol. The van der Waals surface area contributed by atoms with E-state index in [1.54, 1.807) is 0 Å². The highest BCUT2D eigenvalue weighted by Gasteiger charge is 2.21. The van der Waals surface area contributed by atoms with E-state index in [2.05, 4.69) is 23.2 Å². The molecule has 1 aliphatic rings. The topological polar surface area (TPSA) is 28.7 Å². The smallest absolute Gasteiger partial charge is 0.0655 e. The summed E-state index contributed by atoms with van der Waals surface area (Å²) in [6, 6.07) is 2.16. The fourth-order valence-corrected chi connectivity index (χ4v) is 1.35. The molecule has 1 fully saturated rings. The van der Waals surface area contributed by atoms with Gasteiger partial charge in [-0.05, 0) is 25.8 Å². The van der Waals surface area contributed by atoms with E-state index in [9.17, 15) is 0 Å². The van der Waals surface area contributed by atoms with Crippen LogP contribution in [-0.2, 0) is 0 Å². The van der Waals surface area contributed by atoms with Crippen LogP contribution >= 0.6 is 0 Å². The predicted molar refractivity (Wildman–Crippen MR) is 39.9 cm³/mol. The highest BCUT2D eigenvalue weighted by Crippen LogP contribution is 2.35. The minimum Gasteiger partial charge on any atom is -0.283 e. The number of H-pyrrole nitrogens is 1. The van der Waals surface area contributed by atoms with E-state index in [4.69, 9.17) is 0 Å². The van der Waals surface area contributed by atoms with Gasteiger partial charge >= 0.3 is 0 Å². The van der Waals surface area contributed by atoms with E-state index < -0.39 is 0 Å². The van der Waals surface area contributed by atoms with Crippen molar-refractivity contribution < 1.29 is 0 Å². The molecule has 1 N–H and O–H groups in total. The molecule has 1 aromatic rings. The van der Waals surface area contributed by atoms with E-state index in [0.29, 0.717) is 0 Å². The summed E-state index contributed by atoms with van der Waals surface area (Å²) in [4.78, 5) is 0. The average molecular weight is 136 g/mol. The molecule has 0 spiro atoms. The molecule has 0 unspecified atom stereocenters. The number of nitrogens with zero attached hydrogens (tertiary/aromatic N) is 1. The van der Waals surface area contributed by atoms with Crippen molar-refractivity contribution >= 4 is 0 Å². The van der Waals surface area contributed by atoms with E-state index in [-0.39, 0.29) is 0 Å². The third kappa shape index (κ3) is 0.838. The van der Waals surface area contributed by atoms with Gasteiger partial charge in [-0.1, -0.05) is 6.42 Å². The second-order valence-corrected chi connectivity index (χ2v) is 3.10. The van der Waals surface area contributed by atoms with Gasteiger partial charge in [0.15, 0.2) is 0 Å². The van der Waals surface area contributed by atoms with Gasteiger partial charge in [0.1, 0.15) is 0 Å². The normalized spacial score (nSPS) is 18.9. The van der Waals surface area contributed by atoms with Crippen LogP contribution < -0.4 is 0 Å². The third-order valence-corrected chi connectivity index (χ3v) is 2.25. The van der Waals surface area contributed by atoms with Crippen LogP contribution in [0, 0.1) is 6.92 Å². The zero-order valence-corrected chi connectivity index (χ0v) is 6.22. The maximum absolute atomic E-state index is 4.21. The molecule has 2 heteroatoms. The number of rotatable bonds is 1. The summed E-state index contributed by atoms with van der Waals surface area (Å²) >= 11 is 0. The standard InChI is InChI=1S/C8H12N2/c1-6-5-8(10-9-6)7-3-2-4-7/h5,7H,2-4H2,1H3,(H,9,10). The van der Waals surface area contributed by atoms with Gasteiger partial charge in [-0.15, -0.1) is 0 Å². The van der Waals surface area contributed by atoms with Crippen LogP contribution in [0.4, 0.5) is 0 Å². The van der Waals surface area contributed by atoms with Gasteiger partial charge in [0, 0.05) is 11.6 Å². The quantitative estimate of drug-likeness (QED) is 0.628. The molecule has 10 heavy (non-hydrogen) atoms. The molecular formula is C8H12N2. The summed E-state index contributed by atoms with van der Waals surface area (Å²) in [7, 11) is 0. The molecule has 2 rings (SSSR count). The van der Waals surface area contributed by atoms with Crippen molar-refractivity contribution in [3.8, 4) is 0 Å². The minimum absolute atomic E-state index is 0.768. The lowest BCUT2D eigenvalue weighted by Gasteiger charge is -2.22. The van der Waals surface area contributed by atoms with Gasteiger partial charge in [0.25, 0.3) is 0 Å². The van der Waals surface area contributed by atoms with Crippen LogP contribution in [0.15, 0.2) is 6.07 Å². The van der Waals surface area contributed by atoms with Gasteiger partial charge in [0.05, 0.1) is 5.69 Å². The van der Waals surface area contributed by atoms with Crippen molar-refractivity contribution in [2.45, 2.75) is 32.1 Å². The molecule has 1 heterocycles. The van der Waals surface area contributed by atoms with E-state index in [0.717, 1.165) is 5.92 Å². The van der Waals surface area contributed by atoms with Gasteiger partial charge in [-0.25, -0.2) is 0 Å². The maximum atomic E-state index is 4.21. The average Bonchev–Trinajstić information content (AvgIpc) is 2.10. The number of aromatic amines is 1. The van der Waals surface area contributed by atoms with Crippen LogP contribution in [0.2, 0.25) is 0 Å². The van der Waals surface area contributed by atoms with Crippen molar-refractivity contribution in [2.24, 2.45) is 0 Å². The highest BCUT2D eigenvalue weighted by atomic mass is 15.1. The Hall–Kier alpha value is -0.790. The van der Waals surface area contributed by atoms with Crippen LogP contribution in [0.3, 0.4) is 0 Å². The summed E-state index contributed by atoms with van der Waals surface area (Å²) in [6.45, 7) is 2.05. The lowest BCUT2D eigenvalue weighted by molar-refractivity contribution is 0.410. The lowest BCUT2D eigenvalue weighted by Crippen LogP contribution is -2.08. The molecule has 1 saturated carbocycles. The second-order valence-electron chi connectivity index (χ2n) is 3.10. The highest BCUT2D eigenvalue weighted by molar-refractivity contribution is 5.13. The summed E-state index contributed by atoms with van der Waals surface area (Å²) in [5.74, 6) is 0.768. The first-order chi connectivity index (χ1) is 4.86. The van der Waals surface area contributed by atoms with Crippen LogP contribution in [-0.4, -0.2) is 10.2 Å². The monoisotopic (exact) mass is 136 g/mol. The van der Waals surface area contributed by atoms with Crippen LogP contribution in [0.5, 0.6) is 0 Å². The number of hydrogen-bond acceptors (Lipinski definition) is 1. The Balaban J connectivity index is 2.17. The largest absolute Gasteiger partial charge is 0.283 e. The number of nitrogens with one attached hydrogen (secondary N) is 1. The molecule has 0 atom stereocenters. The molecule has 0 aromatic carbocycles. The van der Waals surface area contributed by atoms with E-state index in [1.807, 2.05) is 0 Å². The summed E-state index contributed by atoms with van der Waals surface area (Å²) in [5.41, 5.74) is 2.45. The Morgan fingerprint density at radius 3 is 2.80 bits per heavy atom. The number of hydrogen-bond donors (Lipinski definition) is 1. The van der Waals surface area contributed by atoms with Gasteiger partial charge in [0.2, 0.25) is 0 Å². The van der Waals surface area contributed by atoms with Crippen molar-refractivity contribution in [1.82, 2.24) is 10.2 Å². The SMILES string of the molecule is Cc1cc(C2CCC2)n[nH]1. The van der Waals surface area contributed by atoms with Gasteiger partial charge in [-0.3, -0.25) is 5.10 Å². The molecule has 1 aromatic heterocycles. The summed E-state index contributed by atoms with van der Waals surface area (Å²) < 4.78 is 0. The van der Waals surface area contributed by atoms with E-state index in [1.165, 1.54) is 30.7 Å². The summed E-state index contributed by atoms with van der Waals surface area (Å²) in [5, 5.41) is 7.18. The number of aromatic nitrogens is 2. The second kappa shape index (κ2) is 2.11. The fraction of sp³-hybridized carbons (Fsp3) is 0.625. The lowest BCUT2D eigenvalue weighted by atomic mass is 9.83. The Morgan fingerprint density at radius 1 is 1.60 bits per heavy atom. The van der Waals surface area contributed by atoms with E-state index >= 15 is 0 Å². The zero-order valence-electron chi connectivity index (χ0n) is 6.22. The molecule has 2 nitrogen and oxygen atoms in total.